The third-order valence-corrected chi connectivity index (χ3v) is 2.92. The van der Waals surface area contributed by atoms with Gasteiger partial charge in [0.25, 0.3) is 0 Å². The fourth-order valence-corrected chi connectivity index (χ4v) is 2.27. The fourth-order valence-electron chi connectivity index (χ4n) is 2.05. The highest BCUT2D eigenvalue weighted by Crippen LogP contribution is 2.23. The largest absolute Gasteiger partial charge is 0.326 e. The lowest BCUT2D eigenvalue weighted by Crippen LogP contribution is -2.39. The first-order valence-electron chi connectivity index (χ1n) is 5.21. The van der Waals surface area contributed by atoms with E-state index in [0.717, 1.165) is 25.8 Å². The molecule has 76 valence electrons. The number of nitrogens with zero attached hydrogens (tertiary/aromatic N) is 1. The molecule has 0 heterocycles. The molecule has 0 saturated heterocycles. The van der Waals surface area contributed by atoms with E-state index in [1.807, 2.05) is 4.90 Å². The van der Waals surface area contributed by atoms with Crippen LogP contribution >= 0.6 is 11.6 Å². The molecule has 1 saturated carbocycles. The smallest absolute Gasteiger partial charge is 0.316 e. The van der Waals surface area contributed by atoms with Crippen molar-refractivity contribution < 1.29 is 4.79 Å². The van der Waals surface area contributed by atoms with E-state index < -0.39 is 0 Å². The van der Waals surface area contributed by atoms with Crippen LogP contribution in [0.1, 0.15) is 45.4 Å². The summed E-state index contributed by atoms with van der Waals surface area (Å²) in [6.45, 7) is 2.89. The highest BCUT2D eigenvalue weighted by molar-refractivity contribution is 6.62. The first-order valence-corrected chi connectivity index (χ1v) is 5.59. The molecule has 0 aliphatic heterocycles. The topological polar surface area (TPSA) is 20.3 Å². The van der Waals surface area contributed by atoms with Gasteiger partial charge in [-0.25, -0.2) is 0 Å². The molecular formula is C10H18ClNO. The highest BCUT2D eigenvalue weighted by Gasteiger charge is 2.23. The fraction of sp³-hybridized carbons (Fsp3) is 0.900. The number of carbonyl (C=O) groups is 1. The molecule has 0 aromatic heterocycles. The Hall–Kier alpha value is -0.240. The van der Waals surface area contributed by atoms with Gasteiger partial charge in [-0.05, 0) is 30.9 Å². The third kappa shape index (κ3) is 3.18. The Morgan fingerprint density at radius 3 is 2.46 bits per heavy atom. The summed E-state index contributed by atoms with van der Waals surface area (Å²) < 4.78 is 0. The zero-order chi connectivity index (χ0) is 9.68. The van der Waals surface area contributed by atoms with E-state index in [1.165, 1.54) is 19.3 Å². The summed E-state index contributed by atoms with van der Waals surface area (Å²) in [5, 5.41) is -0.270. The molecule has 0 unspecified atom stereocenters. The summed E-state index contributed by atoms with van der Waals surface area (Å²) in [5.74, 6) is 0. The van der Waals surface area contributed by atoms with E-state index in [1.54, 1.807) is 0 Å². The third-order valence-electron chi connectivity index (χ3n) is 2.71. The molecule has 1 rings (SSSR count). The molecule has 0 aromatic carbocycles. The Labute approximate surface area is 85.2 Å². The average molecular weight is 204 g/mol. The zero-order valence-corrected chi connectivity index (χ0v) is 9.02. The van der Waals surface area contributed by atoms with Gasteiger partial charge in [0.1, 0.15) is 0 Å². The summed E-state index contributed by atoms with van der Waals surface area (Å²) >= 11 is 5.54. The predicted molar refractivity (Wildman–Crippen MR) is 55.1 cm³/mol. The number of carbonyl (C=O) groups excluding carboxylic acids is 1. The minimum atomic E-state index is -0.270. The second-order valence-electron chi connectivity index (χ2n) is 3.74. The van der Waals surface area contributed by atoms with Crippen LogP contribution in [-0.2, 0) is 0 Å². The molecule has 1 amide bonds. The van der Waals surface area contributed by atoms with E-state index in [-0.39, 0.29) is 5.37 Å². The lowest BCUT2D eigenvalue weighted by molar-refractivity contribution is 0.176. The number of hydrogen-bond donors (Lipinski definition) is 0. The molecule has 0 spiro atoms. The van der Waals surface area contributed by atoms with Gasteiger partial charge in [0.15, 0.2) is 0 Å². The molecule has 1 aliphatic carbocycles. The van der Waals surface area contributed by atoms with Gasteiger partial charge in [0, 0.05) is 12.6 Å². The van der Waals surface area contributed by atoms with Crippen LogP contribution in [0, 0.1) is 0 Å². The van der Waals surface area contributed by atoms with Crippen LogP contribution in [-0.4, -0.2) is 22.9 Å². The maximum atomic E-state index is 11.1. The first kappa shape index (κ1) is 10.8. The molecule has 13 heavy (non-hydrogen) atoms. The lowest BCUT2D eigenvalue weighted by Gasteiger charge is -2.32. The minimum absolute atomic E-state index is 0.270. The highest BCUT2D eigenvalue weighted by atomic mass is 35.5. The Bertz CT molecular complexity index is 166. The van der Waals surface area contributed by atoms with E-state index >= 15 is 0 Å². The van der Waals surface area contributed by atoms with Gasteiger partial charge in [0.2, 0.25) is 0 Å². The molecule has 0 atom stereocenters. The maximum Gasteiger partial charge on any atom is 0.316 e. The normalized spacial score (nSPS) is 18.6. The van der Waals surface area contributed by atoms with Crippen LogP contribution in [0.25, 0.3) is 0 Å². The van der Waals surface area contributed by atoms with Crippen LogP contribution in [0.5, 0.6) is 0 Å². The van der Waals surface area contributed by atoms with Crippen molar-refractivity contribution in [1.82, 2.24) is 4.90 Å². The van der Waals surface area contributed by atoms with Crippen molar-refractivity contribution in [1.29, 1.82) is 0 Å². The molecule has 0 N–H and O–H groups in total. The molecule has 3 heteroatoms. The summed E-state index contributed by atoms with van der Waals surface area (Å²) in [6.07, 6.45) is 7.07. The quantitative estimate of drug-likeness (QED) is 0.509. The Balaban J connectivity index is 2.46. The molecule has 0 bridgehead atoms. The van der Waals surface area contributed by atoms with Crippen molar-refractivity contribution in [3.8, 4) is 0 Å². The summed E-state index contributed by atoms with van der Waals surface area (Å²) in [4.78, 5) is 13.0. The van der Waals surface area contributed by atoms with Crippen molar-refractivity contribution >= 4 is 17.0 Å². The van der Waals surface area contributed by atoms with Gasteiger partial charge < -0.3 is 4.90 Å². The van der Waals surface area contributed by atoms with Gasteiger partial charge in [-0.3, -0.25) is 4.79 Å². The Morgan fingerprint density at radius 2 is 2.00 bits per heavy atom. The van der Waals surface area contributed by atoms with Gasteiger partial charge in [-0.1, -0.05) is 26.2 Å². The van der Waals surface area contributed by atoms with Gasteiger partial charge in [-0.2, -0.15) is 0 Å². The Morgan fingerprint density at radius 1 is 1.38 bits per heavy atom. The van der Waals surface area contributed by atoms with Crippen LogP contribution in [0.15, 0.2) is 0 Å². The molecular weight excluding hydrogens is 186 g/mol. The van der Waals surface area contributed by atoms with Crippen molar-refractivity contribution in [2.45, 2.75) is 51.5 Å². The number of hydrogen-bond acceptors (Lipinski definition) is 1. The second kappa shape index (κ2) is 5.48. The maximum absolute atomic E-state index is 11.1. The van der Waals surface area contributed by atoms with Crippen molar-refractivity contribution in [2.24, 2.45) is 0 Å². The summed E-state index contributed by atoms with van der Waals surface area (Å²) in [7, 11) is 0. The summed E-state index contributed by atoms with van der Waals surface area (Å²) in [6, 6.07) is 0.415. The van der Waals surface area contributed by atoms with E-state index in [2.05, 4.69) is 6.92 Å². The monoisotopic (exact) mass is 203 g/mol. The van der Waals surface area contributed by atoms with E-state index in [9.17, 15) is 4.79 Å². The summed E-state index contributed by atoms with van der Waals surface area (Å²) in [5.41, 5.74) is 0. The molecule has 2 nitrogen and oxygen atoms in total. The van der Waals surface area contributed by atoms with Gasteiger partial charge in [-0.15, -0.1) is 0 Å². The van der Waals surface area contributed by atoms with Crippen LogP contribution in [0.3, 0.4) is 0 Å². The van der Waals surface area contributed by atoms with E-state index in [4.69, 9.17) is 11.6 Å². The van der Waals surface area contributed by atoms with Crippen LogP contribution < -0.4 is 0 Å². The predicted octanol–water partition coefficient (Wildman–Crippen LogP) is 3.39. The standard InChI is InChI=1S/C10H18ClNO/c1-2-8-12(10(11)13)9-6-4-3-5-7-9/h9H,2-8H2,1H3. The SMILES string of the molecule is CCCN(C(=O)Cl)C1CCCCC1. The van der Waals surface area contributed by atoms with Crippen molar-refractivity contribution in [3.05, 3.63) is 0 Å². The number of amides is 1. The second-order valence-corrected chi connectivity index (χ2v) is 4.06. The molecule has 0 aromatic rings. The van der Waals surface area contributed by atoms with Gasteiger partial charge in [0.05, 0.1) is 0 Å². The van der Waals surface area contributed by atoms with Gasteiger partial charge >= 0.3 is 5.37 Å². The molecule has 0 radical (unpaired) electrons. The van der Waals surface area contributed by atoms with Crippen LogP contribution in [0.4, 0.5) is 4.79 Å². The number of rotatable bonds is 3. The zero-order valence-electron chi connectivity index (χ0n) is 8.26. The van der Waals surface area contributed by atoms with E-state index in [0.29, 0.717) is 6.04 Å². The van der Waals surface area contributed by atoms with Crippen molar-refractivity contribution in [3.63, 3.8) is 0 Å². The average Bonchev–Trinajstić information content (AvgIpc) is 2.15. The lowest BCUT2D eigenvalue weighted by atomic mass is 9.94. The molecule has 1 aliphatic rings. The van der Waals surface area contributed by atoms with Crippen LogP contribution in [0.2, 0.25) is 0 Å². The first-order chi connectivity index (χ1) is 6.25. The molecule has 1 fully saturated rings. The number of halogens is 1. The minimum Gasteiger partial charge on any atom is -0.326 e. The Kier molecular flexibility index (Phi) is 4.57. The van der Waals surface area contributed by atoms with Crippen molar-refractivity contribution in [2.75, 3.05) is 6.54 Å².